The summed E-state index contributed by atoms with van der Waals surface area (Å²) in [5, 5.41) is 3.63. The summed E-state index contributed by atoms with van der Waals surface area (Å²) in [6.07, 6.45) is 5.39. The molecule has 110 valence electrons. The summed E-state index contributed by atoms with van der Waals surface area (Å²) in [5.41, 5.74) is 7.40. The van der Waals surface area contributed by atoms with Crippen molar-refractivity contribution in [2.45, 2.75) is 52.0 Å². The molecule has 3 N–H and O–H groups in total. The summed E-state index contributed by atoms with van der Waals surface area (Å²) >= 11 is 0. The number of hydrogen-bond acceptors (Lipinski definition) is 2. The van der Waals surface area contributed by atoms with Crippen molar-refractivity contribution in [1.82, 2.24) is 0 Å². The van der Waals surface area contributed by atoms with Gasteiger partial charge < -0.3 is 11.1 Å². The van der Waals surface area contributed by atoms with E-state index >= 15 is 0 Å². The van der Waals surface area contributed by atoms with Gasteiger partial charge >= 0.3 is 0 Å². The summed E-state index contributed by atoms with van der Waals surface area (Å²) in [5.74, 6) is 1.29. The molecule has 1 fully saturated rings. The lowest BCUT2D eigenvalue weighted by Crippen LogP contribution is -2.30. The van der Waals surface area contributed by atoms with Gasteiger partial charge in [0.05, 0.1) is 6.42 Å². The highest BCUT2D eigenvalue weighted by Gasteiger charge is 2.24. The van der Waals surface area contributed by atoms with Crippen LogP contribution in [0, 0.1) is 11.8 Å². The number of benzene rings is 1. The maximum atomic E-state index is 11.1. The van der Waals surface area contributed by atoms with E-state index in [1.165, 1.54) is 25.7 Å². The average Bonchev–Trinajstić information content (AvgIpc) is 2.41. The second kappa shape index (κ2) is 6.78. The molecule has 2 rings (SSSR count). The van der Waals surface area contributed by atoms with Gasteiger partial charge in [-0.25, -0.2) is 0 Å². The monoisotopic (exact) mass is 274 g/mol. The minimum Gasteiger partial charge on any atom is -0.382 e. The third-order valence-corrected chi connectivity index (χ3v) is 4.40. The number of hydrogen-bond donors (Lipinski definition) is 2. The molecule has 0 spiro atoms. The molecule has 1 aliphatic carbocycles. The highest BCUT2D eigenvalue weighted by Crippen LogP contribution is 2.32. The standard InChI is InChI=1S/C17H26N2O/c1-12(2)13-7-5-8-15(10-13)19-16-9-4-3-6-14(16)11-17(18)20/h3-4,6,9,12-13,15,19H,5,7-8,10-11H2,1-2H3,(H2,18,20). The molecule has 3 nitrogen and oxygen atoms in total. The minimum absolute atomic E-state index is 0.275. The van der Waals surface area contributed by atoms with Gasteiger partial charge in [0, 0.05) is 11.7 Å². The van der Waals surface area contributed by atoms with Gasteiger partial charge in [-0.1, -0.05) is 44.9 Å². The minimum atomic E-state index is -0.275. The first kappa shape index (κ1) is 14.9. The van der Waals surface area contributed by atoms with Gasteiger partial charge in [0.1, 0.15) is 0 Å². The maximum Gasteiger partial charge on any atom is 0.221 e. The summed E-state index contributed by atoms with van der Waals surface area (Å²) in [6, 6.07) is 8.52. The Morgan fingerprint density at radius 3 is 2.80 bits per heavy atom. The first-order valence-corrected chi connectivity index (χ1v) is 7.69. The van der Waals surface area contributed by atoms with Crippen molar-refractivity contribution in [2.75, 3.05) is 5.32 Å². The van der Waals surface area contributed by atoms with E-state index in [-0.39, 0.29) is 5.91 Å². The quantitative estimate of drug-likeness (QED) is 0.865. The van der Waals surface area contributed by atoms with Crippen LogP contribution in [0.4, 0.5) is 5.69 Å². The van der Waals surface area contributed by atoms with Crippen LogP contribution in [0.1, 0.15) is 45.1 Å². The Kier molecular flexibility index (Phi) is 5.05. The van der Waals surface area contributed by atoms with Gasteiger partial charge in [0.2, 0.25) is 5.91 Å². The Bertz CT molecular complexity index is 456. The van der Waals surface area contributed by atoms with Crippen molar-refractivity contribution in [3.63, 3.8) is 0 Å². The van der Waals surface area contributed by atoms with Gasteiger partial charge in [0.15, 0.2) is 0 Å². The first-order valence-electron chi connectivity index (χ1n) is 7.69. The molecule has 1 aromatic rings. The fraction of sp³-hybridized carbons (Fsp3) is 0.588. The van der Waals surface area contributed by atoms with E-state index in [0.29, 0.717) is 12.5 Å². The molecule has 0 radical (unpaired) electrons. The summed E-state index contributed by atoms with van der Waals surface area (Å²) in [6.45, 7) is 4.63. The molecule has 0 saturated heterocycles. The Hall–Kier alpha value is -1.51. The van der Waals surface area contributed by atoms with Crippen molar-refractivity contribution >= 4 is 11.6 Å². The number of rotatable bonds is 5. The molecule has 0 aromatic heterocycles. The molecule has 0 bridgehead atoms. The third-order valence-electron chi connectivity index (χ3n) is 4.40. The van der Waals surface area contributed by atoms with Gasteiger partial charge in [-0.2, -0.15) is 0 Å². The number of anilines is 1. The summed E-state index contributed by atoms with van der Waals surface area (Å²) < 4.78 is 0. The van der Waals surface area contributed by atoms with E-state index in [0.717, 1.165) is 23.1 Å². The zero-order valence-electron chi connectivity index (χ0n) is 12.6. The van der Waals surface area contributed by atoms with Crippen LogP contribution >= 0.6 is 0 Å². The van der Waals surface area contributed by atoms with Crippen LogP contribution in [0.5, 0.6) is 0 Å². The highest BCUT2D eigenvalue weighted by atomic mass is 16.1. The second-order valence-electron chi connectivity index (χ2n) is 6.31. The average molecular weight is 274 g/mol. The number of para-hydroxylation sites is 1. The fourth-order valence-electron chi connectivity index (χ4n) is 3.19. The van der Waals surface area contributed by atoms with Gasteiger partial charge in [0.25, 0.3) is 0 Å². The number of carbonyl (C=O) groups excluding carboxylic acids is 1. The van der Waals surface area contributed by atoms with E-state index in [2.05, 4.69) is 25.2 Å². The third kappa shape index (κ3) is 3.99. The van der Waals surface area contributed by atoms with Gasteiger partial charge in [-0.3, -0.25) is 4.79 Å². The summed E-state index contributed by atoms with van der Waals surface area (Å²) in [7, 11) is 0. The van der Waals surface area contributed by atoms with Crippen LogP contribution < -0.4 is 11.1 Å². The number of nitrogens with two attached hydrogens (primary N) is 1. The zero-order valence-corrected chi connectivity index (χ0v) is 12.6. The smallest absolute Gasteiger partial charge is 0.221 e. The lowest BCUT2D eigenvalue weighted by atomic mass is 9.79. The van der Waals surface area contributed by atoms with E-state index in [1.807, 2.05) is 18.2 Å². The highest BCUT2D eigenvalue weighted by molar-refractivity contribution is 5.78. The molecule has 2 unspecified atom stereocenters. The van der Waals surface area contributed by atoms with Crippen LogP contribution in [0.3, 0.4) is 0 Å². The normalized spacial score (nSPS) is 22.8. The number of amides is 1. The van der Waals surface area contributed by atoms with Crippen molar-refractivity contribution in [3.05, 3.63) is 29.8 Å². The van der Waals surface area contributed by atoms with E-state index in [9.17, 15) is 4.79 Å². The van der Waals surface area contributed by atoms with Crippen molar-refractivity contribution < 1.29 is 4.79 Å². The first-order chi connectivity index (χ1) is 9.56. The lowest BCUT2D eigenvalue weighted by molar-refractivity contribution is -0.117. The number of nitrogens with one attached hydrogen (secondary N) is 1. The second-order valence-corrected chi connectivity index (χ2v) is 6.31. The van der Waals surface area contributed by atoms with E-state index < -0.39 is 0 Å². The van der Waals surface area contributed by atoms with Crippen LogP contribution in [-0.4, -0.2) is 11.9 Å². The van der Waals surface area contributed by atoms with Crippen LogP contribution in [0.2, 0.25) is 0 Å². The van der Waals surface area contributed by atoms with E-state index in [1.54, 1.807) is 0 Å². The Morgan fingerprint density at radius 2 is 2.10 bits per heavy atom. The number of carbonyl (C=O) groups is 1. The molecule has 1 amide bonds. The largest absolute Gasteiger partial charge is 0.382 e. The number of primary amides is 1. The van der Waals surface area contributed by atoms with Crippen LogP contribution in [0.15, 0.2) is 24.3 Å². The van der Waals surface area contributed by atoms with Gasteiger partial charge in [-0.15, -0.1) is 0 Å². The predicted molar refractivity (Wildman–Crippen MR) is 83.5 cm³/mol. The maximum absolute atomic E-state index is 11.1. The van der Waals surface area contributed by atoms with E-state index in [4.69, 9.17) is 5.73 Å². The van der Waals surface area contributed by atoms with Crippen molar-refractivity contribution in [3.8, 4) is 0 Å². The molecule has 1 aliphatic rings. The predicted octanol–water partition coefficient (Wildman–Crippen LogP) is 3.34. The lowest BCUT2D eigenvalue weighted by Gasteiger charge is -2.33. The molecule has 0 heterocycles. The molecule has 3 heteroatoms. The van der Waals surface area contributed by atoms with Gasteiger partial charge in [-0.05, 0) is 36.3 Å². The Morgan fingerprint density at radius 1 is 1.35 bits per heavy atom. The van der Waals surface area contributed by atoms with Crippen LogP contribution in [0.25, 0.3) is 0 Å². The Balaban J connectivity index is 2.04. The molecule has 1 saturated carbocycles. The molecule has 20 heavy (non-hydrogen) atoms. The van der Waals surface area contributed by atoms with Crippen molar-refractivity contribution in [2.24, 2.45) is 17.6 Å². The van der Waals surface area contributed by atoms with Crippen molar-refractivity contribution in [1.29, 1.82) is 0 Å². The molecular formula is C17H26N2O. The molecular weight excluding hydrogens is 248 g/mol. The molecule has 1 aromatic carbocycles. The molecule has 2 atom stereocenters. The Labute approximate surface area is 121 Å². The SMILES string of the molecule is CC(C)C1CCCC(Nc2ccccc2CC(N)=O)C1. The zero-order chi connectivity index (χ0) is 14.5. The summed E-state index contributed by atoms with van der Waals surface area (Å²) in [4.78, 5) is 11.1. The fourth-order valence-corrected chi connectivity index (χ4v) is 3.19. The van der Waals surface area contributed by atoms with Crippen LogP contribution in [-0.2, 0) is 11.2 Å². The topological polar surface area (TPSA) is 55.1 Å². The molecule has 0 aliphatic heterocycles.